The van der Waals surface area contributed by atoms with E-state index < -0.39 is 21.7 Å². The van der Waals surface area contributed by atoms with Gasteiger partial charge in [-0.25, -0.2) is 8.42 Å². The fourth-order valence-corrected chi connectivity index (χ4v) is 2.18. The molecule has 1 aromatic carbocycles. The van der Waals surface area contributed by atoms with Crippen molar-refractivity contribution >= 4 is 15.8 Å². The van der Waals surface area contributed by atoms with Crippen LogP contribution in [0.1, 0.15) is 12.5 Å². The fourth-order valence-electron chi connectivity index (χ4n) is 1.54. The van der Waals surface area contributed by atoms with Gasteiger partial charge < -0.3 is 9.84 Å². The lowest BCUT2D eigenvalue weighted by Crippen LogP contribution is -2.13. The van der Waals surface area contributed by atoms with Crippen molar-refractivity contribution < 1.29 is 23.1 Å². The molecule has 1 atom stereocenters. The monoisotopic (exact) mass is 272 g/mol. The lowest BCUT2D eigenvalue weighted by molar-refractivity contribution is -0.141. The van der Waals surface area contributed by atoms with Crippen LogP contribution in [0.15, 0.2) is 23.1 Å². The minimum Gasteiger partial charge on any atom is -0.496 e. The van der Waals surface area contributed by atoms with Crippen LogP contribution in [-0.2, 0) is 21.1 Å². The Labute approximate surface area is 106 Å². The van der Waals surface area contributed by atoms with Gasteiger partial charge in [-0.2, -0.15) is 0 Å². The van der Waals surface area contributed by atoms with Gasteiger partial charge in [0, 0.05) is 6.26 Å². The predicted octanol–water partition coefficient (Wildman–Crippen LogP) is 1.36. The highest BCUT2D eigenvalue weighted by molar-refractivity contribution is 7.90. The first-order valence-electron chi connectivity index (χ1n) is 5.35. The molecule has 0 saturated carbocycles. The molecule has 6 heteroatoms. The Morgan fingerprint density at radius 2 is 2.06 bits per heavy atom. The van der Waals surface area contributed by atoms with Gasteiger partial charge in [0.1, 0.15) is 5.75 Å². The van der Waals surface area contributed by atoms with E-state index in [9.17, 15) is 13.2 Å². The van der Waals surface area contributed by atoms with E-state index in [0.29, 0.717) is 17.7 Å². The molecular formula is C12H16O5S. The molecular weight excluding hydrogens is 256 g/mol. The summed E-state index contributed by atoms with van der Waals surface area (Å²) in [4.78, 5) is 11.0. The summed E-state index contributed by atoms with van der Waals surface area (Å²) in [6, 6.07) is 4.47. The van der Waals surface area contributed by atoms with Gasteiger partial charge >= 0.3 is 5.97 Å². The van der Waals surface area contributed by atoms with Crippen LogP contribution in [0.5, 0.6) is 5.75 Å². The van der Waals surface area contributed by atoms with E-state index in [1.807, 2.05) is 0 Å². The van der Waals surface area contributed by atoms with E-state index in [2.05, 4.69) is 0 Å². The number of carbonyl (C=O) groups is 1. The van der Waals surface area contributed by atoms with Crippen molar-refractivity contribution in [1.29, 1.82) is 0 Å². The van der Waals surface area contributed by atoms with Gasteiger partial charge in [-0.1, -0.05) is 13.0 Å². The van der Waals surface area contributed by atoms with E-state index in [1.165, 1.54) is 19.2 Å². The molecule has 0 fully saturated rings. The van der Waals surface area contributed by atoms with Gasteiger partial charge in [-0.05, 0) is 24.1 Å². The van der Waals surface area contributed by atoms with Crippen molar-refractivity contribution in [3.63, 3.8) is 0 Å². The highest BCUT2D eigenvalue weighted by Gasteiger charge is 2.16. The number of carboxylic acids is 1. The third-order valence-corrected chi connectivity index (χ3v) is 3.74. The molecule has 0 aliphatic carbocycles. The Hall–Kier alpha value is -1.56. The van der Waals surface area contributed by atoms with E-state index >= 15 is 0 Å². The minimum absolute atomic E-state index is 0.158. The molecule has 0 bridgehead atoms. The van der Waals surface area contributed by atoms with Gasteiger partial charge in [0.05, 0.1) is 17.9 Å². The quantitative estimate of drug-likeness (QED) is 0.875. The first-order chi connectivity index (χ1) is 8.25. The van der Waals surface area contributed by atoms with E-state index in [1.54, 1.807) is 13.0 Å². The smallest absolute Gasteiger partial charge is 0.306 e. The first-order valence-corrected chi connectivity index (χ1v) is 7.24. The van der Waals surface area contributed by atoms with Crippen LogP contribution in [0.2, 0.25) is 0 Å². The highest BCUT2D eigenvalue weighted by atomic mass is 32.2. The maximum atomic E-state index is 11.4. The SMILES string of the molecule is COc1cc(S(C)(=O)=O)ccc1CC(C)C(=O)O. The van der Waals surface area contributed by atoms with Crippen LogP contribution in [0.25, 0.3) is 0 Å². The van der Waals surface area contributed by atoms with Crippen LogP contribution < -0.4 is 4.74 Å². The normalized spacial score (nSPS) is 13.1. The van der Waals surface area contributed by atoms with Crippen molar-refractivity contribution in [2.24, 2.45) is 5.92 Å². The zero-order chi connectivity index (χ0) is 13.9. The molecule has 1 aromatic rings. The third kappa shape index (κ3) is 3.46. The summed E-state index contributed by atoms with van der Waals surface area (Å²) in [5, 5.41) is 8.85. The molecule has 1 N–H and O–H groups in total. The Balaban J connectivity index is 3.12. The Morgan fingerprint density at radius 3 is 2.50 bits per heavy atom. The number of sulfone groups is 1. The minimum atomic E-state index is -3.29. The average Bonchev–Trinajstić information content (AvgIpc) is 2.27. The van der Waals surface area contributed by atoms with Gasteiger partial charge in [0.25, 0.3) is 0 Å². The number of benzene rings is 1. The van der Waals surface area contributed by atoms with E-state index in [0.717, 1.165) is 6.26 Å². The molecule has 5 nitrogen and oxygen atoms in total. The lowest BCUT2D eigenvalue weighted by atomic mass is 10.0. The van der Waals surface area contributed by atoms with Crippen molar-refractivity contribution in [2.45, 2.75) is 18.2 Å². The Morgan fingerprint density at radius 1 is 1.44 bits per heavy atom. The second-order valence-electron chi connectivity index (χ2n) is 4.19. The maximum absolute atomic E-state index is 11.4. The molecule has 0 amide bonds. The molecule has 0 saturated heterocycles. The number of hydrogen-bond donors (Lipinski definition) is 1. The van der Waals surface area contributed by atoms with Crippen LogP contribution in [0, 0.1) is 5.92 Å². The fraction of sp³-hybridized carbons (Fsp3) is 0.417. The number of carboxylic acid groups (broad SMARTS) is 1. The number of rotatable bonds is 5. The van der Waals surface area contributed by atoms with Gasteiger partial charge in [-0.15, -0.1) is 0 Å². The largest absolute Gasteiger partial charge is 0.496 e. The molecule has 0 aliphatic rings. The predicted molar refractivity (Wildman–Crippen MR) is 66.6 cm³/mol. The van der Waals surface area contributed by atoms with Gasteiger partial charge in [-0.3, -0.25) is 4.79 Å². The van der Waals surface area contributed by atoms with Crippen LogP contribution in [0.4, 0.5) is 0 Å². The lowest BCUT2D eigenvalue weighted by Gasteiger charge is -2.12. The molecule has 0 aliphatic heterocycles. The molecule has 0 spiro atoms. The molecule has 0 radical (unpaired) electrons. The summed E-state index contributed by atoms with van der Waals surface area (Å²) >= 11 is 0. The highest BCUT2D eigenvalue weighted by Crippen LogP contribution is 2.25. The van der Waals surface area contributed by atoms with Crippen molar-refractivity contribution in [3.8, 4) is 5.75 Å². The summed E-state index contributed by atoms with van der Waals surface area (Å²) in [7, 11) is -1.87. The molecule has 0 heterocycles. The summed E-state index contributed by atoms with van der Waals surface area (Å²) < 4.78 is 27.9. The zero-order valence-corrected chi connectivity index (χ0v) is 11.3. The van der Waals surface area contributed by atoms with Crippen molar-refractivity contribution in [3.05, 3.63) is 23.8 Å². The summed E-state index contributed by atoms with van der Waals surface area (Å²) in [6.07, 6.45) is 1.41. The summed E-state index contributed by atoms with van der Waals surface area (Å²) in [5.41, 5.74) is 0.680. The second-order valence-corrected chi connectivity index (χ2v) is 6.20. The molecule has 100 valence electrons. The molecule has 1 unspecified atom stereocenters. The topological polar surface area (TPSA) is 80.7 Å². The number of ether oxygens (including phenoxy) is 1. The number of methoxy groups -OCH3 is 1. The maximum Gasteiger partial charge on any atom is 0.306 e. The number of aliphatic carboxylic acids is 1. The summed E-state index contributed by atoms with van der Waals surface area (Å²) in [6.45, 7) is 1.59. The standard InChI is InChI=1S/C12H16O5S/c1-8(12(13)14)6-9-4-5-10(18(3,15)16)7-11(9)17-2/h4-5,7-8H,6H2,1-3H3,(H,13,14). The zero-order valence-electron chi connectivity index (χ0n) is 10.5. The van der Waals surface area contributed by atoms with E-state index in [4.69, 9.17) is 9.84 Å². The van der Waals surface area contributed by atoms with Gasteiger partial charge in [0.15, 0.2) is 9.84 Å². The molecule has 0 aromatic heterocycles. The van der Waals surface area contributed by atoms with Crippen LogP contribution in [-0.4, -0.2) is 32.9 Å². The molecule has 18 heavy (non-hydrogen) atoms. The van der Waals surface area contributed by atoms with Crippen molar-refractivity contribution in [1.82, 2.24) is 0 Å². The van der Waals surface area contributed by atoms with Crippen LogP contribution in [0.3, 0.4) is 0 Å². The Bertz CT molecular complexity index is 548. The molecule has 1 rings (SSSR count). The number of hydrogen-bond acceptors (Lipinski definition) is 4. The van der Waals surface area contributed by atoms with Crippen LogP contribution >= 0.6 is 0 Å². The van der Waals surface area contributed by atoms with E-state index in [-0.39, 0.29) is 4.90 Å². The average molecular weight is 272 g/mol. The summed E-state index contributed by atoms with van der Waals surface area (Å²) in [5.74, 6) is -1.06. The second kappa shape index (κ2) is 5.39. The van der Waals surface area contributed by atoms with Crippen molar-refractivity contribution in [2.75, 3.05) is 13.4 Å². The Kier molecular flexibility index (Phi) is 4.34. The third-order valence-electron chi connectivity index (χ3n) is 2.63. The first kappa shape index (κ1) is 14.5. The van der Waals surface area contributed by atoms with Gasteiger partial charge in [0.2, 0.25) is 0 Å².